The molecule has 0 heterocycles. The molecule has 0 aromatic heterocycles. The summed E-state index contributed by atoms with van der Waals surface area (Å²) in [5, 5.41) is 3.02. The normalized spacial score (nSPS) is 12.4. The van der Waals surface area contributed by atoms with Gasteiger partial charge in [-0.15, -0.1) is 0 Å². The molecule has 2 unspecified atom stereocenters. The van der Waals surface area contributed by atoms with E-state index in [-0.39, 0.29) is 30.8 Å². The van der Waals surface area contributed by atoms with Gasteiger partial charge >= 0.3 is 0 Å². The summed E-state index contributed by atoms with van der Waals surface area (Å²) in [6.07, 6.45) is 1.77. The summed E-state index contributed by atoms with van der Waals surface area (Å²) in [6.45, 7) is 4.30. The Bertz CT molecular complexity index is 1090. The number of hydrogen-bond donors (Lipinski definition) is 1. The van der Waals surface area contributed by atoms with Gasteiger partial charge in [-0.2, -0.15) is 0 Å². The van der Waals surface area contributed by atoms with Crippen LogP contribution in [-0.2, 0) is 22.6 Å². The average Bonchev–Trinajstić information content (AvgIpc) is 2.90. The monoisotopic (exact) mass is 490 g/mol. The van der Waals surface area contributed by atoms with Crippen LogP contribution in [0.2, 0.25) is 0 Å². The number of nitrogens with zero attached hydrogens (tertiary/aromatic N) is 1. The molecule has 0 fully saturated rings. The quantitative estimate of drug-likeness (QED) is 0.320. The van der Waals surface area contributed by atoms with E-state index >= 15 is 0 Å². The highest BCUT2D eigenvalue weighted by Gasteiger charge is 2.31. The summed E-state index contributed by atoms with van der Waals surface area (Å²) in [5.41, 5.74) is 1.31. The Hall–Kier alpha value is -3.67. The lowest BCUT2D eigenvalue weighted by molar-refractivity contribution is -0.141. The van der Waals surface area contributed by atoms with Crippen LogP contribution in [0.3, 0.4) is 0 Å². The van der Waals surface area contributed by atoms with E-state index in [0.29, 0.717) is 25.0 Å². The smallest absolute Gasteiger partial charge is 0.243 e. The Morgan fingerprint density at radius 3 is 2.25 bits per heavy atom. The highest BCUT2D eigenvalue weighted by atomic mass is 19.1. The average molecular weight is 491 g/mol. The molecule has 3 aromatic rings. The molecule has 5 nitrogen and oxygen atoms in total. The zero-order chi connectivity index (χ0) is 25.8. The van der Waals surface area contributed by atoms with Gasteiger partial charge in [0.25, 0.3) is 0 Å². The van der Waals surface area contributed by atoms with Crippen molar-refractivity contribution in [3.05, 3.63) is 102 Å². The van der Waals surface area contributed by atoms with Crippen molar-refractivity contribution < 1.29 is 18.7 Å². The van der Waals surface area contributed by atoms with Crippen LogP contribution in [0, 0.1) is 5.82 Å². The molecule has 190 valence electrons. The van der Waals surface area contributed by atoms with E-state index in [1.807, 2.05) is 74.5 Å². The second kappa shape index (κ2) is 14.0. The molecule has 0 saturated carbocycles. The fourth-order valence-electron chi connectivity index (χ4n) is 3.88. The maximum Gasteiger partial charge on any atom is 0.243 e. The number of carbonyl (C=O) groups is 2. The van der Waals surface area contributed by atoms with Crippen molar-refractivity contribution in [3.63, 3.8) is 0 Å². The molecule has 0 bridgehead atoms. The van der Waals surface area contributed by atoms with Crippen LogP contribution in [0.1, 0.15) is 44.2 Å². The van der Waals surface area contributed by atoms with Gasteiger partial charge in [0.15, 0.2) is 0 Å². The maximum atomic E-state index is 14.6. The van der Waals surface area contributed by atoms with Crippen LogP contribution in [0.25, 0.3) is 0 Å². The van der Waals surface area contributed by atoms with E-state index in [9.17, 15) is 14.0 Å². The molecule has 1 N–H and O–H groups in total. The van der Waals surface area contributed by atoms with Crippen LogP contribution >= 0.6 is 0 Å². The van der Waals surface area contributed by atoms with E-state index < -0.39 is 11.9 Å². The zero-order valence-corrected chi connectivity index (χ0v) is 21.0. The number of nitrogens with one attached hydrogen (secondary N) is 1. The van der Waals surface area contributed by atoms with Gasteiger partial charge in [-0.1, -0.05) is 73.7 Å². The number of halogens is 1. The lowest BCUT2D eigenvalue weighted by Crippen LogP contribution is -2.52. The Labute approximate surface area is 213 Å². The predicted molar refractivity (Wildman–Crippen MR) is 140 cm³/mol. The van der Waals surface area contributed by atoms with Crippen LogP contribution in [-0.4, -0.2) is 35.4 Å². The fraction of sp³-hybridized carbons (Fsp3) is 0.333. The predicted octanol–water partition coefficient (Wildman–Crippen LogP) is 5.54. The van der Waals surface area contributed by atoms with Crippen LogP contribution in [0.15, 0.2) is 84.9 Å². The number of para-hydroxylation sites is 1. The summed E-state index contributed by atoms with van der Waals surface area (Å²) >= 11 is 0. The van der Waals surface area contributed by atoms with Gasteiger partial charge in [0.1, 0.15) is 17.6 Å². The topological polar surface area (TPSA) is 58.6 Å². The number of amides is 2. The van der Waals surface area contributed by atoms with Crippen molar-refractivity contribution in [1.29, 1.82) is 0 Å². The van der Waals surface area contributed by atoms with Gasteiger partial charge in [0.05, 0.1) is 6.61 Å². The molecule has 36 heavy (non-hydrogen) atoms. The molecule has 2 amide bonds. The van der Waals surface area contributed by atoms with E-state index in [0.717, 1.165) is 17.7 Å². The third-order valence-corrected chi connectivity index (χ3v) is 6.12. The number of hydrogen-bond acceptors (Lipinski definition) is 3. The molecule has 0 radical (unpaired) electrons. The molecule has 3 aromatic carbocycles. The van der Waals surface area contributed by atoms with E-state index in [4.69, 9.17) is 4.74 Å². The third-order valence-electron chi connectivity index (χ3n) is 6.12. The largest absolute Gasteiger partial charge is 0.494 e. The van der Waals surface area contributed by atoms with E-state index in [1.54, 1.807) is 18.2 Å². The SMILES string of the molecule is CCC(C)NC(=O)C(Cc1ccccc1)N(Cc1ccccc1F)C(=O)CCCOc1ccccc1. The minimum Gasteiger partial charge on any atom is -0.494 e. The number of rotatable bonds is 13. The number of benzene rings is 3. The van der Waals surface area contributed by atoms with Crippen molar-refractivity contribution in [2.24, 2.45) is 0 Å². The highest BCUT2D eigenvalue weighted by molar-refractivity contribution is 5.88. The van der Waals surface area contributed by atoms with E-state index in [2.05, 4.69) is 5.32 Å². The molecule has 6 heteroatoms. The molecule has 3 rings (SSSR count). The Balaban J connectivity index is 1.81. The first-order valence-electron chi connectivity index (χ1n) is 12.5. The summed E-state index contributed by atoms with van der Waals surface area (Å²) in [7, 11) is 0. The van der Waals surface area contributed by atoms with Gasteiger partial charge in [0, 0.05) is 31.0 Å². The van der Waals surface area contributed by atoms with Crippen LogP contribution in [0.5, 0.6) is 5.75 Å². The van der Waals surface area contributed by atoms with Crippen molar-refractivity contribution in [3.8, 4) is 5.75 Å². The molecule has 0 aliphatic rings. The van der Waals surface area contributed by atoms with Crippen molar-refractivity contribution in [2.45, 2.75) is 58.2 Å². The summed E-state index contributed by atoms with van der Waals surface area (Å²) in [5.74, 6) is -0.111. The van der Waals surface area contributed by atoms with Crippen molar-refractivity contribution >= 4 is 11.8 Å². The lowest BCUT2D eigenvalue weighted by atomic mass is 10.0. The molecule has 0 saturated heterocycles. The molecular weight excluding hydrogens is 455 g/mol. The minimum atomic E-state index is -0.774. The maximum absolute atomic E-state index is 14.6. The minimum absolute atomic E-state index is 0.0104. The first-order valence-corrected chi connectivity index (χ1v) is 12.5. The van der Waals surface area contributed by atoms with Gasteiger partial charge in [-0.05, 0) is 43.5 Å². The van der Waals surface area contributed by atoms with Gasteiger partial charge < -0.3 is 15.0 Å². The molecule has 0 aliphatic carbocycles. The van der Waals surface area contributed by atoms with Crippen molar-refractivity contribution in [2.75, 3.05) is 6.61 Å². The Kier molecular flexibility index (Phi) is 10.5. The van der Waals surface area contributed by atoms with Gasteiger partial charge in [-0.25, -0.2) is 4.39 Å². The molecular formula is C30H35FN2O3. The standard InChI is InChI=1S/C30H35FN2O3/c1-3-23(2)32-30(35)28(21-24-13-6-4-7-14-24)33(22-25-15-10-11-18-27(25)31)29(34)19-12-20-36-26-16-8-5-9-17-26/h4-11,13-18,23,28H,3,12,19-22H2,1-2H3,(H,32,35). The van der Waals surface area contributed by atoms with Gasteiger partial charge in [-0.3, -0.25) is 9.59 Å². The number of ether oxygens (including phenoxy) is 1. The molecule has 2 atom stereocenters. The second-order valence-corrected chi connectivity index (χ2v) is 8.90. The molecule has 0 spiro atoms. The van der Waals surface area contributed by atoms with Crippen LogP contribution in [0.4, 0.5) is 4.39 Å². The second-order valence-electron chi connectivity index (χ2n) is 8.90. The summed E-state index contributed by atoms with van der Waals surface area (Å²) in [6, 6.07) is 24.6. The zero-order valence-electron chi connectivity index (χ0n) is 21.0. The lowest BCUT2D eigenvalue weighted by Gasteiger charge is -2.32. The first kappa shape index (κ1) is 26.9. The third kappa shape index (κ3) is 8.22. The fourth-order valence-corrected chi connectivity index (χ4v) is 3.88. The van der Waals surface area contributed by atoms with Crippen LogP contribution < -0.4 is 10.1 Å². The number of carbonyl (C=O) groups excluding carboxylic acids is 2. The first-order chi connectivity index (χ1) is 17.5. The van der Waals surface area contributed by atoms with Crippen molar-refractivity contribution in [1.82, 2.24) is 10.2 Å². The molecule has 0 aliphatic heterocycles. The summed E-state index contributed by atoms with van der Waals surface area (Å²) < 4.78 is 20.3. The van der Waals surface area contributed by atoms with E-state index in [1.165, 1.54) is 11.0 Å². The summed E-state index contributed by atoms with van der Waals surface area (Å²) in [4.78, 5) is 28.5. The van der Waals surface area contributed by atoms with Gasteiger partial charge in [0.2, 0.25) is 11.8 Å². The Morgan fingerprint density at radius 1 is 0.944 bits per heavy atom. The highest BCUT2D eigenvalue weighted by Crippen LogP contribution is 2.19. The Morgan fingerprint density at radius 2 is 1.58 bits per heavy atom.